The summed E-state index contributed by atoms with van der Waals surface area (Å²) in [6.07, 6.45) is 1.74. The first-order valence-corrected chi connectivity index (χ1v) is 11.7. The van der Waals surface area contributed by atoms with Gasteiger partial charge in [0.15, 0.2) is 0 Å². The molecule has 4 aromatic carbocycles. The van der Waals surface area contributed by atoms with E-state index in [-0.39, 0.29) is 22.8 Å². The fraction of sp³-hybridized carbons (Fsp3) is 0.0714. The Morgan fingerprint density at radius 1 is 0.919 bits per heavy atom. The summed E-state index contributed by atoms with van der Waals surface area (Å²) in [5, 5.41) is 17.7. The van der Waals surface area contributed by atoms with Crippen LogP contribution in [0.5, 0.6) is 5.75 Å². The van der Waals surface area contributed by atoms with Gasteiger partial charge in [-0.3, -0.25) is 14.4 Å². The van der Waals surface area contributed by atoms with Gasteiger partial charge in [-0.15, -0.1) is 0 Å². The first-order chi connectivity index (χ1) is 17.8. The minimum atomic E-state index is -0.876. The average molecular weight is 515 g/mol. The van der Waals surface area contributed by atoms with Crippen LogP contribution in [-0.4, -0.2) is 35.1 Å². The molecule has 3 amide bonds. The van der Waals surface area contributed by atoms with Gasteiger partial charge < -0.3 is 16.2 Å². The zero-order valence-corrected chi connectivity index (χ0v) is 20.3. The molecule has 1 unspecified atom stereocenters. The summed E-state index contributed by atoms with van der Waals surface area (Å²) in [4.78, 5) is 37.5. The molecule has 37 heavy (non-hydrogen) atoms. The molecule has 0 radical (unpaired) electrons. The lowest BCUT2D eigenvalue weighted by molar-refractivity contribution is -0.119. The van der Waals surface area contributed by atoms with Crippen molar-refractivity contribution in [3.8, 4) is 5.75 Å². The van der Waals surface area contributed by atoms with Crippen LogP contribution in [0.1, 0.15) is 31.8 Å². The molecule has 0 saturated heterocycles. The highest BCUT2D eigenvalue weighted by molar-refractivity contribution is 6.32. The Morgan fingerprint density at radius 3 is 2.32 bits per heavy atom. The van der Waals surface area contributed by atoms with E-state index < -0.39 is 23.8 Å². The average Bonchev–Trinajstić information content (AvgIpc) is 2.90. The summed E-state index contributed by atoms with van der Waals surface area (Å²) < 4.78 is 0. The van der Waals surface area contributed by atoms with Gasteiger partial charge in [-0.05, 0) is 40.6 Å². The van der Waals surface area contributed by atoms with Crippen LogP contribution in [0.2, 0.25) is 5.02 Å². The molecule has 4 aromatic rings. The third kappa shape index (κ3) is 6.12. The number of halogens is 1. The van der Waals surface area contributed by atoms with Crippen LogP contribution in [-0.2, 0) is 11.2 Å². The van der Waals surface area contributed by atoms with Crippen molar-refractivity contribution in [1.29, 1.82) is 0 Å². The zero-order valence-electron chi connectivity index (χ0n) is 19.5. The van der Waals surface area contributed by atoms with Gasteiger partial charge in [0.25, 0.3) is 11.8 Å². The molecule has 0 heterocycles. The summed E-state index contributed by atoms with van der Waals surface area (Å²) in [5.41, 5.74) is 10.1. The molecular weight excluding hydrogens is 492 g/mol. The Morgan fingerprint density at radius 2 is 1.62 bits per heavy atom. The minimum Gasteiger partial charge on any atom is -0.506 e. The number of carbonyl (C=O) groups excluding carboxylic acids is 3. The van der Waals surface area contributed by atoms with E-state index in [1.807, 2.05) is 42.5 Å². The number of benzene rings is 4. The molecule has 0 saturated carbocycles. The third-order valence-corrected chi connectivity index (χ3v) is 6.02. The first-order valence-electron chi connectivity index (χ1n) is 11.3. The molecule has 5 N–H and O–H groups in total. The lowest BCUT2D eigenvalue weighted by atomic mass is 9.98. The Balaban J connectivity index is 1.53. The number of nitrogens with zero attached hydrogens (tertiary/aromatic N) is 1. The number of hydrogen-bond acceptors (Lipinski definition) is 5. The maximum Gasteiger partial charge on any atom is 0.271 e. The fourth-order valence-electron chi connectivity index (χ4n) is 3.81. The van der Waals surface area contributed by atoms with Gasteiger partial charge in [-0.1, -0.05) is 72.3 Å². The van der Waals surface area contributed by atoms with E-state index in [4.69, 9.17) is 17.3 Å². The summed E-state index contributed by atoms with van der Waals surface area (Å²) in [6, 6.07) is 23.0. The quantitative estimate of drug-likeness (QED) is 0.210. The largest absolute Gasteiger partial charge is 0.506 e. The maximum absolute atomic E-state index is 13.1. The van der Waals surface area contributed by atoms with Crippen LogP contribution in [0, 0.1) is 0 Å². The van der Waals surface area contributed by atoms with Gasteiger partial charge in [0, 0.05) is 23.1 Å². The van der Waals surface area contributed by atoms with E-state index in [0.29, 0.717) is 16.5 Å². The molecule has 9 heteroatoms. The molecule has 0 spiro atoms. The lowest BCUT2D eigenvalue weighted by Gasteiger charge is -2.17. The standard InChI is InChI=1S/C28H23ClN4O4/c29-23-15-18(11-13-25(23)34)27(36)33-31-16-19-10-12-22(21-9-5-4-8-20(19)21)28(37)32-24(26(30)35)14-17-6-2-1-3-7-17/h1-13,15-16,24,34H,14H2,(H2,30,35)(H,32,37)(H,33,36). The number of nitrogens with one attached hydrogen (secondary N) is 2. The highest BCUT2D eigenvalue weighted by Crippen LogP contribution is 2.24. The Bertz CT molecular complexity index is 1510. The van der Waals surface area contributed by atoms with E-state index in [1.54, 1.807) is 24.3 Å². The number of aromatic hydroxyl groups is 1. The predicted molar refractivity (Wildman–Crippen MR) is 143 cm³/mol. The summed E-state index contributed by atoms with van der Waals surface area (Å²) in [6.45, 7) is 0. The number of rotatable bonds is 8. The van der Waals surface area contributed by atoms with E-state index >= 15 is 0 Å². The second-order valence-electron chi connectivity index (χ2n) is 8.23. The van der Waals surface area contributed by atoms with Crippen molar-refractivity contribution in [3.05, 3.63) is 112 Å². The van der Waals surface area contributed by atoms with E-state index in [2.05, 4.69) is 15.8 Å². The van der Waals surface area contributed by atoms with Gasteiger partial charge in [0.2, 0.25) is 5.91 Å². The molecule has 8 nitrogen and oxygen atoms in total. The number of phenolic OH excluding ortho intramolecular Hbond substituents is 1. The fourth-order valence-corrected chi connectivity index (χ4v) is 4.00. The molecule has 0 aliphatic carbocycles. The molecule has 1 atom stereocenters. The van der Waals surface area contributed by atoms with Crippen LogP contribution in [0.25, 0.3) is 10.8 Å². The van der Waals surface area contributed by atoms with E-state index in [0.717, 1.165) is 10.9 Å². The van der Waals surface area contributed by atoms with Crippen molar-refractivity contribution in [3.63, 3.8) is 0 Å². The highest BCUT2D eigenvalue weighted by Gasteiger charge is 2.21. The van der Waals surface area contributed by atoms with Gasteiger partial charge in [-0.25, -0.2) is 5.43 Å². The maximum atomic E-state index is 13.1. The number of fused-ring (bicyclic) bond motifs is 1. The normalized spacial score (nSPS) is 11.8. The molecule has 0 aromatic heterocycles. The topological polar surface area (TPSA) is 134 Å². The summed E-state index contributed by atoms with van der Waals surface area (Å²) in [5.74, 6) is -1.69. The van der Waals surface area contributed by atoms with Crippen molar-refractivity contribution >= 4 is 46.3 Å². The smallest absolute Gasteiger partial charge is 0.271 e. The van der Waals surface area contributed by atoms with Crippen molar-refractivity contribution in [2.45, 2.75) is 12.5 Å². The van der Waals surface area contributed by atoms with Crippen LogP contribution in [0.4, 0.5) is 0 Å². The van der Waals surface area contributed by atoms with Gasteiger partial charge in [0.05, 0.1) is 11.2 Å². The van der Waals surface area contributed by atoms with Gasteiger partial charge in [-0.2, -0.15) is 5.10 Å². The number of amides is 3. The zero-order chi connectivity index (χ0) is 26.4. The monoisotopic (exact) mass is 514 g/mol. The Hall–Kier alpha value is -4.69. The predicted octanol–water partition coefficient (Wildman–Crippen LogP) is 3.79. The Labute approximate surface area is 217 Å². The molecule has 4 rings (SSSR count). The number of phenols is 1. The molecule has 0 fully saturated rings. The number of nitrogens with two attached hydrogens (primary N) is 1. The first kappa shape index (κ1) is 25.4. The van der Waals surface area contributed by atoms with Crippen molar-refractivity contribution in [2.75, 3.05) is 0 Å². The molecule has 0 bridgehead atoms. The van der Waals surface area contributed by atoms with Crippen LogP contribution in [0.3, 0.4) is 0 Å². The molecule has 186 valence electrons. The van der Waals surface area contributed by atoms with Gasteiger partial charge >= 0.3 is 0 Å². The van der Waals surface area contributed by atoms with Crippen LogP contribution >= 0.6 is 11.6 Å². The molecule has 0 aliphatic rings. The minimum absolute atomic E-state index is 0.0545. The summed E-state index contributed by atoms with van der Waals surface area (Å²) in [7, 11) is 0. The molecule has 0 aliphatic heterocycles. The van der Waals surface area contributed by atoms with Crippen molar-refractivity contribution < 1.29 is 19.5 Å². The van der Waals surface area contributed by atoms with Crippen LogP contribution < -0.4 is 16.5 Å². The second-order valence-corrected chi connectivity index (χ2v) is 8.64. The SMILES string of the molecule is NC(=O)C(Cc1ccccc1)NC(=O)c1ccc(C=NNC(=O)c2ccc(O)c(Cl)c2)c2ccccc12. The van der Waals surface area contributed by atoms with Crippen LogP contribution in [0.15, 0.2) is 90.0 Å². The lowest BCUT2D eigenvalue weighted by Crippen LogP contribution is -2.45. The highest BCUT2D eigenvalue weighted by atomic mass is 35.5. The Kier molecular flexibility index (Phi) is 7.80. The molecular formula is C28H23ClN4O4. The number of hydrogen-bond donors (Lipinski definition) is 4. The van der Waals surface area contributed by atoms with E-state index in [1.165, 1.54) is 24.4 Å². The third-order valence-electron chi connectivity index (χ3n) is 5.71. The summed E-state index contributed by atoms with van der Waals surface area (Å²) >= 11 is 5.86. The van der Waals surface area contributed by atoms with Gasteiger partial charge in [0.1, 0.15) is 11.8 Å². The second kappa shape index (κ2) is 11.4. The number of carbonyl (C=O) groups is 3. The van der Waals surface area contributed by atoms with Crippen molar-refractivity contribution in [1.82, 2.24) is 10.7 Å². The van der Waals surface area contributed by atoms with E-state index in [9.17, 15) is 19.5 Å². The number of primary amides is 1. The number of hydrazone groups is 1. The van der Waals surface area contributed by atoms with Crippen molar-refractivity contribution in [2.24, 2.45) is 10.8 Å².